The van der Waals surface area contributed by atoms with E-state index in [4.69, 9.17) is 21.3 Å². The van der Waals surface area contributed by atoms with Gasteiger partial charge in [-0.25, -0.2) is 18.4 Å². The summed E-state index contributed by atoms with van der Waals surface area (Å²) in [5, 5.41) is 19.4. The fraction of sp³-hybridized carbons (Fsp3) is 0.375. The number of piperidine rings is 1. The zero-order valence-corrected chi connectivity index (χ0v) is 25.5. The van der Waals surface area contributed by atoms with Crippen molar-refractivity contribution >= 4 is 51.2 Å². The summed E-state index contributed by atoms with van der Waals surface area (Å²) in [6.45, 7) is 3.53. The van der Waals surface area contributed by atoms with Crippen LogP contribution >= 0.6 is 11.6 Å². The van der Waals surface area contributed by atoms with Crippen molar-refractivity contribution in [3.63, 3.8) is 0 Å². The Morgan fingerprint density at radius 1 is 1.24 bits per heavy atom. The van der Waals surface area contributed by atoms with Crippen molar-refractivity contribution in [2.45, 2.75) is 45.2 Å². The smallest absolute Gasteiger partial charge is 0.254 e. The molecule has 2 aromatic carbocycles. The topological polar surface area (TPSA) is 117 Å². The minimum Gasteiger partial charge on any atom is -0.370 e. The highest BCUT2D eigenvalue weighted by Gasteiger charge is 2.35. The van der Waals surface area contributed by atoms with Gasteiger partial charge >= 0.3 is 0 Å². The molecule has 13 heteroatoms. The maximum Gasteiger partial charge on any atom is 0.254 e. The maximum absolute atomic E-state index is 16.8. The first kappa shape index (κ1) is 30.6. The second kappa shape index (κ2) is 12.5. The van der Waals surface area contributed by atoms with Gasteiger partial charge in [0.15, 0.2) is 17.2 Å². The molecular formula is C32H30ClF2N7O3. The van der Waals surface area contributed by atoms with E-state index in [1.807, 2.05) is 25.1 Å². The van der Waals surface area contributed by atoms with Gasteiger partial charge in [0, 0.05) is 35.2 Å². The molecule has 45 heavy (non-hydrogen) atoms. The predicted molar refractivity (Wildman–Crippen MR) is 165 cm³/mol. The molecule has 0 saturated carbocycles. The van der Waals surface area contributed by atoms with E-state index in [9.17, 15) is 19.2 Å². The van der Waals surface area contributed by atoms with Crippen molar-refractivity contribution in [3.8, 4) is 17.2 Å². The highest BCUT2D eigenvalue weighted by Crippen LogP contribution is 2.41. The molecule has 2 fully saturated rings. The van der Waals surface area contributed by atoms with Crippen LogP contribution in [0.5, 0.6) is 0 Å². The molecule has 0 aliphatic carbocycles. The van der Waals surface area contributed by atoms with Crippen molar-refractivity contribution in [3.05, 3.63) is 58.4 Å². The fourth-order valence-electron chi connectivity index (χ4n) is 6.35. The normalized spacial score (nSPS) is 19.2. The van der Waals surface area contributed by atoms with Crippen LogP contribution in [0.15, 0.2) is 36.4 Å². The lowest BCUT2D eigenvalue weighted by atomic mass is 9.94. The third-order valence-electron chi connectivity index (χ3n) is 8.51. The molecule has 2 aliphatic rings. The molecule has 2 aromatic heterocycles. The Morgan fingerprint density at radius 2 is 2.07 bits per heavy atom. The number of anilines is 1. The first-order valence-electron chi connectivity index (χ1n) is 14.7. The van der Waals surface area contributed by atoms with Crippen molar-refractivity contribution in [2.75, 3.05) is 37.9 Å². The summed E-state index contributed by atoms with van der Waals surface area (Å²) in [7, 11) is 0. The molecule has 232 valence electrons. The van der Waals surface area contributed by atoms with E-state index in [0.29, 0.717) is 57.5 Å². The summed E-state index contributed by atoms with van der Waals surface area (Å²) >= 11 is 6.65. The second-order valence-electron chi connectivity index (χ2n) is 11.3. The van der Waals surface area contributed by atoms with Gasteiger partial charge in [-0.2, -0.15) is 5.26 Å². The number of pyridine rings is 1. The highest BCUT2D eigenvalue weighted by atomic mass is 35.5. The zero-order valence-electron chi connectivity index (χ0n) is 24.8. The van der Waals surface area contributed by atoms with Crippen molar-refractivity contribution in [1.29, 1.82) is 5.26 Å². The van der Waals surface area contributed by atoms with Gasteiger partial charge in [0.05, 0.1) is 36.7 Å². The number of ether oxygens (including phenoxy) is 1. The molecule has 2 aliphatic heterocycles. The van der Waals surface area contributed by atoms with E-state index in [2.05, 4.69) is 16.4 Å². The summed E-state index contributed by atoms with van der Waals surface area (Å²) in [4.78, 5) is 33.5. The number of hydrogen-bond donors (Lipinski definition) is 0. The van der Waals surface area contributed by atoms with Crippen LogP contribution in [0.25, 0.3) is 33.1 Å². The van der Waals surface area contributed by atoms with E-state index < -0.39 is 18.5 Å². The standard InChI is InChI=1S/C32H30ClF2N7O3/c1-18-5-3-6-22(27(18)33)26-19(2)15-23-29(28(26)35)37-32(41-13-14-45-17-25(41)44)30-31(23)42(39-38-30)21-9-12-40(20(16-21)8-11-36)24(43)7-4-10-34/h3-7,15,20-21H,8-10,12-14,16-17H2,1-2H3/b7-4+/t20-,21+/m1/s1. The molecular weight excluding hydrogens is 604 g/mol. The minimum atomic E-state index is -0.765. The number of nitriles is 1. The third kappa shape index (κ3) is 5.40. The molecule has 0 N–H and O–H groups in total. The van der Waals surface area contributed by atoms with Crippen molar-refractivity contribution in [1.82, 2.24) is 24.9 Å². The molecule has 4 heterocycles. The summed E-state index contributed by atoms with van der Waals surface area (Å²) < 4.78 is 36.5. The van der Waals surface area contributed by atoms with Gasteiger partial charge in [-0.05, 0) is 50.0 Å². The minimum absolute atomic E-state index is 0.0380. The van der Waals surface area contributed by atoms with Gasteiger partial charge in [0.1, 0.15) is 24.3 Å². The first-order valence-corrected chi connectivity index (χ1v) is 15.0. The quantitative estimate of drug-likeness (QED) is 0.261. The molecule has 10 nitrogen and oxygen atoms in total. The third-order valence-corrected chi connectivity index (χ3v) is 9.01. The Hall–Kier alpha value is -4.47. The number of benzene rings is 2. The lowest BCUT2D eigenvalue weighted by Gasteiger charge is -2.38. The molecule has 2 amide bonds. The van der Waals surface area contributed by atoms with Gasteiger partial charge < -0.3 is 9.64 Å². The number of amides is 2. The molecule has 0 radical (unpaired) electrons. The van der Waals surface area contributed by atoms with Crippen LogP contribution in [0.3, 0.4) is 0 Å². The van der Waals surface area contributed by atoms with Crippen LogP contribution in [0.4, 0.5) is 14.6 Å². The van der Waals surface area contributed by atoms with E-state index in [-0.39, 0.29) is 55.4 Å². The van der Waals surface area contributed by atoms with Gasteiger partial charge in [-0.1, -0.05) is 35.0 Å². The monoisotopic (exact) mass is 633 g/mol. The Balaban J connectivity index is 1.55. The molecule has 4 aromatic rings. The zero-order chi connectivity index (χ0) is 31.8. The number of hydrogen-bond acceptors (Lipinski definition) is 7. The van der Waals surface area contributed by atoms with Crippen LogP contribution in [-0.2, 0) is 14.3 Å². The number of carbonyl (C=O) groups excluding carboxylic acids is 2. The van der Waals surface area contributed by atoms with Crippen LogP contribution < -0.4 is 4.90 Å². The first-order chi connectivity index (χ1) is 21.7. The number of allylic oxidation sites excluding steroid dienone is 1. The highest BCUT2D eigenvalue weighted by molar-refractivity contribution is 6.34. The number of alkyl halides is 1. The molecule has 0 bridgehead atoms. The number of aromatic nitrogens is 4. The van der Waals surface area contributed by atoms with Gasteiger partial charge in [0.2, 0.25) is 5.91 Å². The van der Waals surface area contributed by atoms with Crippen molar-refractivity contribution in [2.24, 2.45) is 0 Å². The number of aryl methyl sites for hydroxylation is 2. The molecule has 0 unspecified atom stereocenters. The van der Waals surface area contributed by atoms with Gasteiger partial charge in [0.25, 0.3) is 5.91 Å². The molecule has 0 spiro atoms. The lowest BCUT2D eigenvalue weighted by Crippen LogP contribution is -2.46. The van der Waals surface area contributed by atoms with Gasteiger partial charge in [-0.3, -0.25) is 14.5 Å². The predicted octanol–water partition coefficient (Wildman–Crippen LogP) is 5.39. The summed E-state index contributed by atoms with van der Waals surface area (Å²) in [6, 6.07) is 8.65. The number of fused-ring (bicyclic) bond motifs is 3. The van der Waals surface area contributed by atoms with Gasteiger partial charge in [-0.15, -0.1) is 5.10 Å². The number of morpholine rings is 1. The van der Waals surface area contributed by atoms with Crippen LogP contribution in [0.2, 0.25) is 5.02 Å². The molecule has 6 rings (SSSR count). The van der Waals surface area contributed by atoms with Crippen LogP contribution in [0, 0.1) is 31.0 Å². The number of likely N-dealkylation sites (tertiary alicyclic amines) is 1. The summed E-state index contributed by atoms with van der Waals surface area (Å²) in [6.07, 6.45) is 3.23. The largest absolute Gasteiger partial charge is 0.370 e. The number of carbonyl (C=O) groups is 2. The SMILES string of the molecule is Cc1cccc(-c2c(C)cc3c(nc(N4CCOCC4=O)c4nnn([C@H]5CCN(C(=O)/C=C/CF)[C@H](CC#N)C5)c43)c2F)c1Cl. The summed E-state index contributed by atoms with van der Waals surface area (Å²) in [5.41, 5.74) is 3.13. The lowest BCUT2D eigenvalue weighted by molar-refractivity contribution is -0.130. The Bertz CT molecular complexity index is 1900. The molecule has 2 saturated heterocycles. The van der Waals surface area contributed by atoms with Crippen LogP contribution in [0.1, 0.15) is 36.4 Å². The molecule has 2 atom stereocenters. The Labute approximate surface area is 262 Å². The summed E-state index contributed by atoms with van der Waals surface area (Å²) in [5.74, 6) is -1.10. The number of rotatable bonds is 6. The maximum atomic E-state index is 16.8. The Morgan fingerprint density at radius 3 is 2.82 bits per heavy atom. The average Bonchev–Trinajstić information content (AvgIpc) is 3.48. The number of nitrogens with zero attached hydrogens (tertiary/aromatic N) is 7. The Kier molecular flexibility index (Phi) is 8.48. The number of halogens is 3. The van der Waals surface area contributed by atoms with E-state index in [1.54, 1.807) is 22.6 Å². The van der Waals surface area contributed by atoms with E-state index >= 15 is 4.39 Å². The average molecular weight is 634 g/mol. The second-order valence-corrected chi connectivity index (χ2v) is 11.6. The van der Waals surface area contributed by atoms with Crippen molar-refractivity contribution < 1.29 is 23.1 Å². The van der Waals surface area contributed by atoms with E-state index in [1.165, 1.54) is 11.0 Å². The van der Waals surface area contributed by atoms with E-state index in [0.717, 1.165) is 11.6 Å². The van der Waals surface area contributed by atoms with Crippen LogP contribution in [-0.4, -0.2) is 75.7 Å². The fourth-order valence-corrected chi connectivity index (χ4v) is 6.57.